The van der Waals surface area contributed by atoms with Crippen molar-refractivity contribution in [3.8, 4) is 17.1 Å². The number of thioether (sulfide) groups is 1. The minimum atomic E-state index is -0.224. The largest absolute Gasteiger partial charge is 0.378 e. The summed E-state index contributed by atoms with van der Waals surface area (Å²) in [5, 5.41) is 13.5. The van der Waals surface area contributed by atoms with Gasteiger partial charge in [0.05, 0.1) is 12.0 Å². The first kappa shape index (κ1) is 23.7. The fraction of sp³-hybridized carbons (Fsp3) is 0.120. The number of carbonyl (C=O) groups excluding carboxylic acids is 1. The van der Waals surface area contributed by atoms with Gasteiger partial charge in [-0.05, 0) is 42.0 Å². The van der Waals surface area contributed by atoms with Crippen LogP contribution in [-0.4, -0.2) is 46.7 Å². The molecular formula is C25H23BrN6OS. The Morgan fingerprint density at radius 1 is 1.06 bits per heavy atom. The van der Waals surface area contributed by atoms with Crippen molar-refractivity contribution in [3.05, 3.63) is 88.9 Å². The number of nitrogens with zero attached hydrogens (tertiary/aromatic N) is 5. The second kappa shape index (κ2) is 11.1. The molecule has 0 aliphatic carbocycles. The molecule has 172 valence electrons. The van der Waals surface area contributed by atoms with Crippen LogP contribution in [0.2, 0.25) is 0 Å². The van der Waals surface area contributed by atoms with E-state index in [4.69, 9.17) is 0 Å². The molecule has 1 amide bonds. The number of anilines is 1. The maximum atomic E-state index is 12.4. The Balaban J connectivity index is 1.46. The molecule has 1 aromatic heterocycles. The van der Waals surface area contributed by atoms with Gasteiger partial charge in [0, 0.05) is 35.5 Å². The Bertz CT molecular complexity index is 1290. The van der Waals surface area contributed by atoms with Crippen molar-refractivity contribution in [1.82, 2.24) is 20.2 Å². The average Bonchev–Trinajstić information content (AvgIpc) is 3.28. The summed E-state index contributed by atoms with van der Waals surface area (Å²) >= 11 is 4.82. The van der Waals surface area contributed by atoms with E-state index < -0.39 is 0 Å². The van der Waals surface area contributed by atoms with E-state index in [0.29, 0.717) is 11.0 Å². The highest BCUT2D eigenvalue weighted by atomic mass is 79.9. The molecule has 0 radical (unpaired) electrons. The lowest BCUT2D eigenvalue weighted by Gasteiger charge is -2.11. The van der Waals surface area contributed by atoms with E-state index in [-0.39, 0.29) is 11.7 Å². The van der Waals surface area contributed by atoms with E-state index in [1.165, 1.54) is 11.8 Å². The minimum Gasteiger partial charge on any atom is -0.378 e. The van der Waals surface area contributed by atoms with Crippen molar-refractivity contribution in [3.63, 3.8) is 0 Å². The Hall–Kier alpha value is -3.43. The molecule has 9 heteroatoms. The van der Waals surface area contributed by atoms with Crippen molar-refractivity contribution in [2.45, 2.75) is 5.16 Å². The SMILES string of the molecule is CN(C)c1ccc(/C=N/NC(=O)CSc2nnc(-c3cccc(Br)c3)n2-c2ccccc2)cc1. The number of nitrogens with one attached hydrogen (secondary N) is 1. The molecular weight excluding hydrogens is 512 g/mol. The van der Waals surface area contributed by atoms with Gasteiger partial charge in [-0.15, -0.1) is 10.2 Å². The lowest BCUT2D eigenvalue weighted by Crippen LogP contribution is -2.20. The van der Waals surface area contributed by atoms with Crippen LogP contribution in [0.5, 0.6) is 0 Å². The van der Waals surface area contributed by atoms with Gasteiger partial charge in [-0.1, -0.05) is 70.2 Å². The molecule has 1 heterocycles. The van der Waals surface area contributed by atoms with Gasteiger partial charge in [-0.25, -0.2) is 5.43 Å². The molecule has 0 unspecified atom stereocenters. The third-order valence-corrected chi connectivity index (χ3v) is 6.30. The summed E-state index contributed by atoms with van der Waals surface area (Å²) in [4.78, 5) is 14.4. The molecule has 0 atom stereocenters. The van der Waals surface area contributed by atoms with Crippen molar-refractivity contribution in [2.75, 3.05) is 24.7 Å². The molecule has 0 spiro atoms. The number of para-hydroxylation sites is 1. The van der Waals surface area contributed by atoms with Gasteiger partial charge in [0.1, 0.15) is 0 Å². The molecule has 4 rings (SSSR count). The normalized spacial score (nSPS) is 11.0. The molecule has 3 aromatic carbocycles. The van der Waals surface area contributed by atoms with Crippen molar-refractivity contribution < 1.29 is 4.79 Å². The van der Waals surface area contributed by atoms with E-state index >= 15 is 0 Å². The molecule has 0 saturated carbocycles. The van der Waals surface area contributed by atoms with Gasteiger partial charge in [-0.3, -0.25) is 9.36 Å². The number of hydrogen-bond donors (Lipinski definition) is 1. The molecule has 0 bridgehead atoms. The highest BCUT2D eigenvalue weighted by Crippen LogP contribution is 2.29. The first-order valence-corrected chi connectivity index (χ1v) is 12.3. The summed E-state index contributed by atoms with van der Waals surface area (Å²) in [5.74, 6) is 0.632. The number of amides is 1. The molecule has 7 nitrogen and oxygen atoms in total. The van der Waals surface area contributed by atoms with Crippen LogP contribution < -0.4 is 10.3 Å². The predicted octanol–water partition coefficient (Wildman–Crippen LogP) is 5.01. The van der Waals surface area contributed by atoms with Crippen LogP contribution in [0, 0.1) is 0 Å². The number of rotatable bonds is 8. The van der Waals surface area contributed by atoms with Crippen LogP contribution in [0.3, 0.4) is 0 Å². The van der Waals surface area contributed by atoms with E-state index in [1.807, 2.05) is 102 Å². The zero-order valence-corrected chi connectivity index (χ0v) is 21.1. The maximum absolute atomic E-state index is 12.4. The number of hydrazone groups is 1. The fourth-order valence-electron chi connectivity index (χ4n) is 3.19. The third kappa shape index (κ3) is 5.92. The third-order valence-electron chi connectivity index (χ3n) is 4.88. The second-order valence-corrected chi connectivity index (χ2v) is 9.41. The van der Waals surface area contributed by atoms with Crippen LogP contribution in [0.1, 0.15) is 5.56 Å². The number of aromatic nitrogens is 3. The molecule has 1 N–H and O–H groups in total. The fourth-order valence-corrected chi connectivity index (χ4v) is 4.33. The van der Waals surface area contributed by atoms with Gasteiger partial charge in [0.15, 0.2) is 11.0 Å². The zero-order valence-electron chi connectivity index (χ0n) is 18.7. The molecule has 0 aliphatic heterocycles. The standard InChI is InChI=1S/C25H23BrN6OS/c1-31(2)21-13-11-18(12-14-21)16-27-28-23(33)17-34-25-30-29-24(19-7-6-8-20(26)15-19)32(25)22-9-4-3-5-10-22/h3-16H,17H2,1-2H3,(H,28,33)/b27-16+. The van der Waals surface area contributed by atoms with E-state index in [1.54, 1.807) is 6.21 Å². The number of halogens is 1. The highest BCUT2D eigenvalue weighted by molar-refractivity contribution is 9.10. The lowest BCUT2D eigenvalue weighted by atomic mass is 10.2. The van der Waals surface area contributed by atoms with E-state index in [9.17, 15) is 4.79 Å². The van der Waals surface area contributed by atoms with Gasteiger partial charge in [-0.2, -0.15) is 5.10 Å². The second-order valence-electron chi connectivity index (χ2n) is 7.56. The van der Waals surface area contributed by atoms with Crippen LogP contribution in [0.15, 0.2) is 93.6 Å². The van der Waals surface area contributed by atoms with Crippen molar-refractivity contribution in [1.29, 1.82) is 0 Å². The van der Waals surface area contributed by atoms with E-state index in [0.717, 1.165) is 27.0 Å². The zero-order chi connectivity index (χ0) is 23.9. The van der Waals surface area contributed by atoms with Gasteiger partial charge >= 0.3 is 0 Å². The summed E-state index contributed by atoms with van der Waals surface area (Å²) in [6, 6.07) is 25.6. The van der Waals surface area contributed by atoms with Crippen LogP contribution in [-0.2, 0) is 4.79 Å². The first-order chi connectivity index (χ1) is 16.5. The summed E-state index contributed by atoms with van der Waals surface area (Å²) in [6.07, 6.45) is 1.62. The Morgan fingerprint density at radius 3 is 2.53 bits per heavy atom. The van der Waals surface area contributed by atoms with E-state index in [2.05, 4.69) is 36.7 Å². The number of benzene rings is 3. The van der Waals surface area contributed by atoms with Crippen molar-refractivity contribution >= 4 is 45.5 Å². The first-order valence-electron chi connectivity index (χ1n) is 10.5. The highest BCUT2D eigenvalue weighted by Gasteiger charge is 2.17. The minimum absolute atomic E-state index is 0.153. The van der Waals surface area contributed by atoms with Gasteiger partial charge < -0.3 is 4.90 Å². The van der Waals surface area contributed by atoms with Crippen LogP contribution >= 0.6 is 27.7 Å². The molecule has 0 aliphatic rings. The molecule has 0 saturated heterocycles. The Morgan fingerprint density at radius 2 is 1.82 bits per heavy atom. The van der Waals surface area contributed by atoms with Crippen LogP contribution in [0.4, 0.5) is 5.69 Å². The average molecular weight is 535 g/mol. The summed E-state index contributed by atoms with van der Waals surface area (Å²) in [5.41, 5.74) is 6.43. The topological polar surface area (TPSA) is 75.4 Å². The Kier molecular flexibility index (Phi) is 7.76. The Labute approximate surface area is 211 Å². The molecule has 34 heavy (non-hydrogen) atoms. The van der Waals surface area contributed by atoms with Crippen molar-refractivity contribution in [2.24, 2.45) is 5.10 Å². The molecule has 4 aromatic rings. The van der Waals surface area contributed by atoms with Gasteiger partial charge in [0.2, 0.25) is 0 Å². The summed E-state index contributed by atoms with van der Waals surface area (Å²) in [7, 11) is 3.97. The molecule has 0 fully saturated rings. The number of hydrogen-bond acceptors (Lipinski definition) is 6. The van der Waals surface area contributed by atoms with Gasteiger partial charge in [0.25, 0.3) is 5.91 Å². The maximum Gasteiger partial charge on any atom is 0.250 e. The number of carbonyl (C=O) groups is 1. The quantitative estimate of drug-likeness (QED) is 0.195. The monoisotopic (exact) mass is 534 g/mol. The summed E-state index contributed by atoms with van der Waals surface area (Å²) in [6.45, 7) is 0. The predicted molar refractivity (Wildman–Crippen MR) is 142 cm³/mol. The smallest absolute Gasteiger partial charge is 0.250 e. The summed E-state index contributed by atoms with van der Waals surface area (Å²) < 4.78 is 2.91. The van der Waals surface area contributed by atoms with Crippen LogP contribution in [0.25, 0.3) is 17.1 Å². The lowest BCUT2D eigenvalue weighted by molar-refractivity contribution is -0.118.